The van der Waals surface area contributed by atoms with Gasteiger partial charge in [-0.1, -0.05) is 51.8 Å². The van der Waals surface area contributed by atoms with E-state index in [1.54, 1.807) is 6.07 Å². The van der Waals surface area contributed by atoms with E-state index in [1.807, 2.05) is 31.3 Å². The summed E-state index contributed by atoms with van der Waals surface area (Å²) in [4.78, 5) is 0. The van der Waals surface area contributed by atoms with Crippen LogP contribution in [-0.4, -0.2) is 7.05 Å². The Bertz CT molecular complexity index is 574. The van der Waals surface area contributed by atoms with Crippen LogP contribution in [0.25, 0.3) is 0 Å². The number of nitrogens with one attached hydrogen (secondary N) is 1. The average molecular weight is 343 g/mol. The topological polar surface area (TPSA) is 12.0 Å². The summed E-state index contributed by atoms with van der Waals surface area (Å²) < 4.78 is 13.9. The Morgan fingerprint density at radius 2 is 2.00 bits per heavy atom. The fourth-order valence-corrected chi connectivity index (χ4v) is 2.81. The van der Waals surface area contributed by atoms with E-state index in [0.717, 1.165) is 27.0 Å². The van der Waals surface area contributed by atoms with Crippen LogP contribution >= 0.6 is 27.5 Å². The molecule has 0 aliphatic rings. The van der Waals surface area contributed by atoms with Crippen LogP contribution in [0.1, 0.15) is 17.2 Å². The standard InChI is InChI=1S/C15H14BrClFN/c1-19-15(12-4-2-3-5-14(12)17)8-10-6-7-11(18)9-13(10)16/h2-7,9,15,19H,8H2,1H3. The first-order valence-electron chi connectivity index (χ1n) is 5.97. The van der Waals surface area contributed by atoms with Crippen molar-refractivity contribution >= 4 is 27.5 Å². The average Bonchev–Trinajstić information content (AvgIpc) is 2.39. The Morgan fingerprint density at radius 3 is 2.63 bits per heavy atom. The molecule has 4 heteroatoms. The zero-order valence-electron chi connectivity index (χ0n) is 10.5. The molecule has 0 saturated heterocycles. The highest BCUT2D eigenvalue weighted by atomic mass is 79.9. The van der Waals surface area contributed by atoms with Gasteiger partial charge in [0.15, 0.2) is 0 Å². The molecule has 1 unspecified atom stereocenters. The van der Waals surface area contributed by atoms with Crippen LogP contribution in [0.15, 0.2) is 46.9 Å². The summed E-state index contributed by atoms with van der Waals surface area (Å²) in [5.41, 5.74) is 2.09. The summed E-state index contributed by atoms with van der Waals surface area (Å²) in [6, 6.07) is 12.6. The first-order valence-corrected chi connectivity index (χ1v) is 7.14. The third kappa shape index (κ3) is 3.56. The zero-order chi connectivity index (χ0) is 13.8. The lowest BCUT2D eigenvalue weighted by Gasteiger charge is -2.19. The van der Waals surface area contributed by atoms with Crippen molar-refractivity contribution in [3.05, 3.63) is 68.9 Å². The SMILES string of the molecule is CNC(Cc1ccc(F)cc1Br)c1ccccc1Cl. The fraction of sp³-hybridized carbons (Fsp3) is 0.200. The number of hydrogen-bond donors (Lipinski definition) is 1. The molecule has 0 aliphatic carbocycles. The fourth-order valence-electron chi connectivity index (χ4n) is 2.03. The Labute approximate surface area is 125 Å². The smallest absolute Gasteiger partial charge is 0.124 e. The maximum Gasteiger partial charge on any atom is 0.124 e. The molecule has 0 aliphatic heterocycles. The van der Waals surface area contributed by atoms with Crippen LogP contribution < -0.4 is 5.32 Å². The predicted molar refractivity (Wildman–Crippen MR) is 81.1 cm³/mol. The number of hydrogen-bond acceptors (Lipinski definition) is 1. The molecule has 1 nitrogen and oxygen atoms in total. The maximum atomic E-state index is 13.1. The van der Waals surface area contributed by atoms with Crippen molar-refractivity contribution in [2.45, 2.75) is 12.5 Å². The highest BCUT2D eigenvalue weighted by molar-refractivity contribution is 9.10. The third-order valence-electron chi connectivity index (χ3n) is 3.07. The molecule has 100 valence electrons. The Morgan fingerprint density at radius 1 is 1.26 bits per heavy atom. The minimum absolute atomic E-state index is 0.0930. The molecular formula is C15H14BrClFN. The highest BCUT2D eigenvalue weighted by Gasteiger charge is 2.14. The van der Waals surface area contributed by atoms with Gasteiger partial charge >= 0.3 is 0 Å². The number of benzene rings is 2. The minimum atomic E-state index is -0.241. The molecule has 19 heavy (non-hydrogen) atoms. The van der Waals surface area contributed by atoms with Crippen molar-refractivity contribution in [2.75, 3.05) is 7.05 Å². The van der Waals surface area contributed by atoms with Crippen LogP contribution in [0.4, 0.5) is 4.39 Å². The molecule has 1 atom stereocenters. The monoisotopic (exact) mass is 341 g/mol. The van der Waals surface area contributed by atoms with Crippen LogP contribution in [0.2, 0.25) is 5.02 Å². The number of likely N-dealkylation sites (N-methyl/N-ethyl adjacent to an activating group) is 1. The maximum absolute atomic E-state index is 13.1. The molecule has 0 saturated carbocycles. The van der Waals surface area contributed by atoms with Gasteiger partial charge in [-0.3, -0.25) is 0 Å². The molecule has 2 rings (SSSR count). The van der Waals surface area contributed by atoms with E-state index in [1.165, 1.54) is 12.1 Å². The summed E-state index contributed by atoms with van der Waals surface area (Å²) in [5.74, 6) is -0.241. The first-order chi connectivity index (χ1) is 9.11. The van der Waals surface area contributed by atoms with Crippen LogP contribution in [0.5, 0.6) is 0 Å². The number of halogens is 3. The third-order valence-corrected chi connectivity index (χ3v) is 4.15. The molecule has 0 fully saturated rings. The number of rotatable bonds is 4. The van der Waals surface area contributed by atoms with Crippen molar-refractivity contribution in [1.29, 1.82) is 0 Å². The summed E-state index contributed by atoms with van der Waals surface area (Å²) in [6.07, 6.45) is 0.737. The second-order valence-corrected chi connectivity index (χ2v) is 5.56. The predicted octanol–water partition coefficient (Wildman–Crippen LogP) is 4.74. The van der Waals surface area contributed by atoms with E-state index in [9.17, 15) is 4.39 Å². The van der Waals surface area contributed by atoms with E-state index in [-0.39, 0.29) is 11.9 Å². The highest BCUT2D eigenvalue weighted by Crippen LogP contribution is 2.28. The van der Waals surface area contributed by atoms with E-state index in [4.69, 9.17) is 11.6 Å². The van der Waals surface area contributed by atoms with Gasteiger partial charge in [0.25, 0.3) is 0 Å². The quantitative estimate of drug-likeness (QED) is 0.846. The molecule has 0 bridgehead atoms. The molecule has 0 heterocycles. The van der Waals surface area contributed by atoms with Gasteiger partial charge in [0.1, 0.15) is 5.82 Å². The lowest BCUT2D eigenvalue weighted by molar-refractivity contribution is 0.587. The van der Waals surface area contributed by atoms with E-state index < -0.39 is 0 Å². The van der Waals surface area contributed by atoms with E-state index in [2.05, 4.69) is 21.2 Å². The molecule has 1 N–H and O–H groups in total. The Kier molecular flexibility index (Phi) is 4.97. The second kappa shape index (κ2) is 6.51. The van der Waals surface area contributed by atoms with Gasteiger partial charge in [0, 0.05) is 15.5 Å². The van der Waals surface area contributed by atoms with E-state index in [0.29, 0.717) is 0 Å². The van der Waals surface area contributed by atoms with Crippen LogP contribution in [0.3, 0.4) is 0 Å². The van der Waals surface area contributed by atoms with Gasteiger partial charge < -0.3 is 5.32 Å². The molecule has 0 spiro atoms. The lowest BCUT2D eigenvalue weighted by atomic mass is 9.99. The molecular weight excluding hydrogens is 329 g/mol. The van der Waals surface area contributed by atoms with Crippen LogP contribution in [0, 0.1) is 5.82 Å². The van der Waals surface area contributed by atoms with Crippen molar-refractivity contribution in [3.63, 3.8) is 0 Å². The minimum Gasteiger partial charge on any atom is -0.313 e. The first kappa shape index (κ1) is 14.5. The Balaban J connectivity index is 2.27. The summed E-state index contributed by atoms with van der Waals surface area (Å²) in [5, 5.41) is 3.99. The summed E-state index contributed by atoms with van der Waals surface area (Å²) in [6.45, 7) is 0. The van der Waals surface area contributed by atoms with Crippen molar-refractivity contribution in [2.24, 2.45) is 0 Å². The molecule has 0 radical (unpaired) electrons. The molecule has 0 amide bonds. The summed E-state index contributed by atoms with van der Waals surface area (Å²) >= 11 is 9.61. The molecule has 0 aromatic heterocycles. The second-order valence-electron chi connectivity index (χ2n) is 4.30. The lowest BCUT2D eigenvalue weighted by Crippen LogP contribution is -2.19. The molecule has 2 aromatic rings. The van der Waals surface area contributed by atoms with Gasteiger partial charge in [-0.2, -0.15) is 0 Å². The van der Waals surface area contributed by atoms with Gasteiger partial charge in [-0.05, 0) is 42.8 Å². The van der Waals surface area contributed by atoms with Crippen LogP contribution in [-0.2, 0) is 6.42 Å². The summed E-state index contributed by atoms with van der Waals surface area (Å²) in [7, 11) is 1.89. The van der Waals surface area contributed by atoms with E-state index >= 15 is 0 Å². The van der Waals surface area contributed by atoms with Gasteiger partial charge in [0.2, 0.25) is 0 Å². The van der Waals surface area contributed by atoms with Gasteiger partial charge in [-0.15, -0.1) is 0 Å². The van der Waals surface area contributed by atoms with Gasteiger partial charge in [0.05, 0.1) is 0 Å². The normalized spacial score (nSPS) is 12.4. The largest absolute Gasteiger partial charge is 0.313 e. The molecule has 2 aromatic carbocycles. The Hall–Kier alpha value is -0.900. The zero-order valence-corrected chi connectivity index (χ0v) is 12.8. The van der Waals surface area contributed by atoms with Crippen molar-refractivity contribution < 1.29 is 4.39 Å². The van der Waals surface area contributed by atoms with Gasteiger partial charge in [-0.25, -0.2) is 4.39 Å². The van der Waals surface area contributed by atoms with Crippen molar-refractivity contribution in [1.82, 2.24) is 5.32 Å². The van der Waals surface area contributed by atoms with Crippen molar-refractivity contribution in [3.8, 4) is 0 Å².